The molecule has 3 aromatic rings. The number of hydrogen-bond acceptors (Lipinski definition) is 4. The van der Waals surface area contributed by atoms with Gasteiger partial charge in [0.25, 0.3) is 0 Å². The molecule has 1 N–H and O–H groups in total. The molecule has 4 rings (SSSR count). The van der Waals surface area contributed by atoms with Gasteiger partial charge in [0.05, 0.1) is 12.1 Å². The third-order valence-corrected chi connectivity index (χ3v) is 5.38. The number of carbonyl (C=O) groups is 1. The van der Waals surface area contributed by atoms with Crippen molar-refractivity contribution in [1.29, 1.82) is 0 Å². The molecular formula is C19H23N5O. The summed E-state index contributed by atoms with van der Waals surface area (Å²) in [4.78, 5) is 22.8. The number of Topliss-reactive ketones (excluding diaryl/α,β-unsaturated/α-hetero) is 1. The predicted molar refractivity (Wildman–Crippen MR) is 96.7 cm³/mol. The van der Waals surface area contributed by atoms with Gasteiger partial charge < -0.3 is 4.98 Å². The van der Waals surface area contributed by atoms with Crippen LogP contribution in [0.1, 0.15) is 41.9 Å². The standard InChI is InChI=1S/C19H23N5O/c1-13-18(16-5-3-4-6-17(16)22-13)19(25)14(2)23-9-7-15(8-10-23)24-12-20-11-21-24/h3-6,11-12,14-15,22H,7-10H2,1-2H3/t14-/m1/s1. The molecule has 0 amide bonds. The normalized spacial score (nSPS) is 17.8. The summed E-state index contributed by atoms with van der Waals surface area (Å²) in [5.74, 6) is 0.203. The van der Waals surface area contributed by atoms with Crippen LogP contribution >= 0.6 is 0 Å². The zero-order chi connectivity index (χ0) is 17.4. The molecule has 1 aliphatic heterocycles. The van der Waals surface area contributed by atoms with Gasteiger partial charge in [-0.3, -0.25) is 9.69 Å². The Hall–Kier alpha value is -2.47. The number of carbonyl (C=O) groups excluding carboxylic acids is 1. The van der Waals surface area contributed by atoms with Gasteiger partial charge in [0.1, 0.15) is 12.7 Å². The zero-order valence-electron chi connectivity index (χ0n) is 14.6. The maximum atomic E-state index is 13.2. The monoisotopic (exact) mass is 337 g/mol. The quantitative estimate of drug-likeness (QED) is 0.743. The maximum Gasteiger partial charge on any atom is 0.182 e. The molecule has 6 nitrogen and oxygen atoms in total. The minimum atomic E-state index is -0.116. The van der Waals surface area contributed by atoms with Gasteiger partial charge in [0.15, 0.2) is 5.78 Å². The Morgan fingerprint density at radius 2 is 2.04 bits per heavy atom. The van der Waals surface area contributed by atoms with E-state index in [9.17, 15) is 4.79 Å². The summed E-state index contributed by atoms with van der Waals surface area (Å²) in [5.41, 5.74) is 2.82. The third kappa shape index (κ3) is 2.87. The molecule has 0 spiro atoms. The van der Waals surface area contributed by atoms with Crippen molar-refractivity contribution in [1.82, 2.24) is 24.6 Å². The highest BCUT2D eigenvalue weighted by atomic mass is 16.1. The number of fused-ring (bicyclic) bond motifs is 1. The number of likely N-dealkylation sites (tertiary alicyclic amines) is 1. The molecule has 0 saturated carbocycles. The van der Waals surface area contributed by atoms with Crippen LogP contribution in [0.15, 0.2) is 36.9 Å². The lowest BCUT2D eigenvalue weighted by atomic mass is 9.97. The van der Waals surface area contributed by atoms with Gasteiger partial charge in [-0.2, -0.15) is 5.10 Å². The van der Waals surface area contributed by atoms with Crippen molar-refractivity contribution in [3.63, 3.8) is 0 Å². The number of piperidine rings is 1. The largest absolute Gasteiger partial charge is 0.358 e. The van der Waals surface area contributed by atoms with E-state index >= 15 is 0 Å². The summed E-state index contributed by atoms with van der Waals surface area (Å²) >= 11 is 0. The van der Waals surface area contributed by atoms with Gasteiger partial charge in [-0.05, 0) is 32.8 Å². The molecule has 0 unspecified atom stereocenters. The fourth-order valence-electron chi connectivity index (χ4n) is 3.91. The maximum absolute atomic E-state index is 13.2. The summed E-state index contributed by atoms with van der Waals surface area (Å²) in [6.07, 6.45) is 5.35. The van der Waals surface area contributed by atoms with Crippen LogP contribution < -0.4 is 0 Å². The summed E-state index contributed by atoms with van der Waals surface area (Å²) in [7, 11) is 0. The molecule has 25 heavy (non-hydrogen) atoms. The molecule has 3 heterocycles. The second-order valence-corrected chi connectivity index (χ2v) is 6.85. The number of aryl methyl sites for hydroxylation is 1. The van der Waals surface area contributed by atoms with Crippen LogP contribution in [0.2, 0.25) is 0 Å². The van der Waals surface area contributed by atoms with Gasteiger partial charge in [-0.25, -0.2) is 9.67 Å². The number of ketones is 1. The number of benzene rings is 1. The average molecular weight is 337 g/mol. The number of rotatable bonds is 4. The molecule has 1 aliphatic rings. The molecule has 1 saturated heterocycles. The third-order valence-electron chi connectivity index (χ3n) is 5.38. The molecule has 0 aliphatic carbocycles. The highest BCUT2D eigenvalue weighted by Gasteiger charge is 2.30. The first kappa shape index (κ1) is 16.0. The smallest absolute Gasteiger partial charge is 0.182 e. The Labute approximate surface area is 146 Å². The first-order valence-electron chi connectivity index (χ1n) is 8.85. The lowest BCUT2D eigenvalue weighted by molar-refractivity contribution is 0.0771. The highest BCUT2D eigenvalue weighted by Crippen LogP contribution is 2.27. The minimum absolute atomic E-state index is 0.116. The van der Waals surface area contributed by atoms with Crippen molar-refractivity contribution in [2.45, 2.75) is 38.8 Å². The van der Waals surface area contributed by atoms with E-state index in [0.29, 0.717) is 6.04 Å². The molecule has 6 heteroatoms. The van der Waals surface area contributed by atoms with Gasteiger partial charge >= 0.3 is 0 Å². The van der Waals surface area contributed by atoms with Gasteiger partial charge in [0, 0.05) is 35.2 Å². The Bertz CT molecular complexity index is 875. The van der Waals surface area contributed by atoms with Crippen LogP contribution in [0.5, 0.6) is 0 Å². The predicted octanol–water partition coefficient (Wildman–Crippen LogP) is 2.98. The van der Waals surface area contributed by atoms with Crippen molar-refractivity contribution >= 4 is 16.7 Å². The Kier molecular flexibility index (Phi) is 4.13. The van der Waals surface area contributed by atoms with Crippen LogP contribution in [-0.2, 0) is 0 Å². The van der Waals surface area contributed by atoms with E-state index in [2.05, 4.69) is 20.0 Å². The van der Waals surface area contributed by atoms with Gasteiger partial charge in [-0.1, -0.05) is 18.2 Å². The van der Waals surface area contributed by atoms with Gasteiger partial charge in [0.2, 0.25) is 0 Å². The molecule has 1 fully saturated rings. The van der Waals surface area contributed by atoms with E-state index in [-0.39, 0.29) is 11.8 Å². The number of para-hydroxylation sites is 1. The van der Waals surface area contributed by atoms with E-state index in [1.807, 2.05) is 42.8 Å². The summed E-state index contributed by atoms with van der Waals surface area (Å²) in [5, 5.41) is 5.27. The lowest BCUT2D eigenvalue weighted by Crippen LogP contribution is -2.44. The minimum Gasteiger partial charge on any atom is -0.358 e. The molecule has 0 bridgehead atoms. The number of aromatic nitrogens is 4. The van der Waals surface area contributed by atoms with Crippen LogP contribution in [0, 0.1) is 6.92 Å². The fraction of sp³-hybridized carbons (Fsp3) is 0.421. The van der Waals surface area contributed by atoms with Crippen LogP contribution in [0.3, 0.4) is 0 Å². The molecule has 1 atom stereocenters. The van der Waals surface area contributed by atoms with Crippen LogP contribution in [-0.4, -0.2) is 49.6 Å². The SMILES string of the molecule is Cc1[nH]c2ccccc2c1C(=O)[C@@H](C)N1CCC(n2cncn2)CC1. The summed E-state index contributed by atoms with van der Waals surface area (Å²) < 4.78 is 1.94. The van der Waals surface area contributed by atoms with Crippen LogP contribution in [0.4, 0.5) is 0 Å². The molecule has 2 aromatic heterocycles. The second kappa shape index (κ2) is 6.44. The molecular weight excluding hydrogens is 314 g/mol. The van der Waals surface area contributed by atoms with E-state index < -0.39 is 0 Å². The summed E-state index contributed by atoms with van der Waals surface area (Å²) in [6.45, 7) is 5.81. The first-order valence-corrected chi connectivity index (χ1v) is 8.85. The first-order chi connectivity index (χ1) is 12.1. The Morgan fingerprint density at radius 3 is 2.76 bits per heavy atom. The molecule has 130 valence electrons. The zero-order valence-corrected chi connectivity index (χ0v) is 14.6. The Morgan fingerprint density at radius 1 is 1.28 bits per heavy atom. The number of nitrogens with one attached hydrogen (secondary N) is 1. The van der Waals surface area contributed by atoms with Crippen molar-refractivity contribution in [3.8, 4) is 0 Å². The number of nitrogens with zero attached hydrogens (tertiary/aromatic N) is 4. The van der Waals surface area contributed by atoms with Crippen molar-refractivity contribution in [3.05, 3.63) is 48.2 Å². The van der Waals surface area contributed by atoms with E-state index in [4.69, 9.17) is 0 Å². The van der Waals surface area contributed by atoms with E-state index in [1.54, 1.807) is 12.7 Å². The average Bonchev–Trinajstić information content (AvgIpc) is 3.27. The number of hydrogen-bond donors (Lipinski definition) is 1. The van der Waals surface area contributed by atoms with Crippen molar-refractivity contribution in [2.75, 3.05) is 13.1 Å². The number of aromatic amines is 1. The van der Waals surface area contributed by atoms with Crippen LogP contribution in [0.25, 0.3) is 10.9 Å². The fourth-order valence-corrected chi connectivity index (χ4v) is 3.91. The Balaban J connectivity index is 1.50. The van der Waals surface area contributed by atoms with E-state index in [1.165, 1.54) is 0 Å². The topological polar surface area (TPSA) is 66.8 Å². The van der Waals surface area contributed by atoms with Crippen molar-refractivity contribution in [2.24, 2.45) is 0 Å². The molecule has 0 radical (unpaired) electrons. The lowest BCUT2D eigenvalue weighted by Gasteiger charge is -2.35. The van der Waals surface area contributed by atoms with E-state index in [0.717, 1.165) is 48.1 Å². The summed E-state index contributed by atoms with van der Waals surface area (Å²) in [6, 6.07) is 8.29. The van der Waals surface area contributed by atoms with Gasteiger partial charge in [-0.15, -0.1) is 0 Å². The molecule has 1 aromatic carbocycles. The highest BCUT2D eigenvalue weighted by molar-refractivity contribution is 6.11. The second-order valence-electron chi connectivity index (χ2n) is 6.85. The number of H-pyrrole nitrogens is 1. The van der Waals surface area contributed by atoms with Crippen molar-refractivity contribution < 1.29 is 4.79 Å².